The summed E-state index contributed by atoms with van der Waals surface area (Å²) in [5.41, 5.74) is 7.78. The summed E-state index contributed by atoms with van der Waals surface area (Å²) in [5, 5.41) is 1.85. The number of nitrogens with one attached hydrogen (secondary N) is 1. The van der Waals surface area contributed by atoms with Crippen molar-refractivity contribution in [2.75, 3.05) is 6.54 Å². The molecule has 0 atom stereocenters. The van der Waals surface area contributed by atoms with Crippen molar-refractivity contribution < 1.29 is 0 Å². The number of H-pyrrole nitrogens is 1. The number of hydrogen-bond acceptors (Lipinski definition) is 1. The van der Waals surface area contributed by atoms with Crippen LogP contribution in [0.4, 0.5) is 0 Å². The zero-order valence-electron chi connectivity index (χ0n) is 7.18. The highest BCUT2D eigenvalue weighted by atomic mass is 35.5. The van der Waals surface area contributed by atoms with Gasteiger partial charge in [0.2, 0.25) is 0 Å². The topological polar surface area (TPSA) is 41.8 Å². The molecule has 1 aromatic heterocycles. The third-order valence-corrected chi connectivity index (χ3v) is 2.44. The quantitative estimate of drug-likeness (QED) is 0.757. The molecular formula is C10H11ClN2. The number of fused-ring (bicyclic) bond motifs is 1. The first kappa shape index (κ1) is 8.60. The molecule has 2 aromatic rings. The van der Waals surface area contributed by atoms with Gasteiger partial charge < -0.3 is 10.7 Å². The van der Waals surface area contributed by atoms with Crippen LogP contribution in [-0.4, -0.2) is 11.5 Å². The lowest BCUT2D eigenvalue weighted by Gasteiger charge is -1.98. The van der Waals surface area contributed by atoms with Gasteiger partial charge in [0.05, 0.1) is 5.02 Å². The molecule has 13 heavy (non-hydrogen) atoms. The van der Waals surface area contributed by atoms with Gasteiger partial charge in [0, 0.05) is 17.1 Å². The molecule has 0 radical (unpaired) electrons. The van der Waals surface area contributed by atoms with E-state index in [1.807, 2.05) is 6.07 Å². The van der Waals surface area contributed by atoms with Crippen molar-refractivity contribution in [3.05, 3.63) is 35.0 Å². The predicted molar refractivity (Wildman–Crippen MR) is 56.1 cm³/mol. The largest absolute Gasteiger partial charge is 0.360 e. The van der Waals surface area contributed by atoms with Crippen LogP contribution >= 0.6 is 11.6 Å². The second-order valence-electron chi connectivity index (χ2n) is 3.06. The van der Waals surface area contributed by atoms with Crippen molar-refractivity contribution in [3.8, 4) is 0 Å². The van der Waals surface area contributed by atoms with E-state index in [-0.39, 0.29) is 0 Å². The van der Waals surface area contributed by atoms with Crippen molar-refractivity contribution in [1.29, 1.82) is 0 Å². The van der Waals surface area contributed by atoms with E-state index in [0.717, 1.165) is 22.3 Å². The van der Waals surface area contributed by atoms with Crippen LogP contribution in [0.2, 0.25) is 5.02 Å². The zero-order chi connectivity index (χ0) is 9.26. The molecule has 0 aliphatic carbocycles. The van der Waals surface area contributed by atoms with Crippen LogP contribution < -0.4 is 5.73 Å². The Labute approximate surface area is 81.7 Å². The van der Waals surface area contributed by atoms with Gasteiger partial charge in [-0.25, -0.2) is 0 Å². The average Bonchev–Trinajstić information content (AvgIpc) is 2.49. The lowest BCUT2D eigenvalue weighted by molar-refractivity contribution is 0.971. The summed E-state index contributed by atoms with van der Waals surface area (Å²) in [6, 6.07) is 6.19. The van der Waals surface area contributed by atoms with E-state index in [1.165, 1.54) is 5.56 Å². The second-order valence-corrected chi connectivity index (χ2v) is 3.46. The Morgan fingerprint density at radius 1 is 1.38 bits per heavy atom. The van der Waals surface area contributed by atoms with E-state index < -0.39 is 0 Å². The fraction of sp³-hybridized carbons (Fsp3) is 0.200. The van der Waals surface area contributed by atoms with Crippen LogP contribution in [0.25, 0.3) is 10.9 Å². The third-order valence-electron chi connectivity index (χ3n) is 2.13. The summed E-state index contributed by atoms with van der Waals surface area (Å²) in [7, 11) is 0. The van der Waals surface area contributed by atoms with Crippen LogP contribution in [-0.2, 0) is 6.42 Å². The first-order chi connectivity index (χ1) is 6.31. The van der Waals surface area contributed by atoms with Crippen LogP contribution in [0, 0.1) is 0 Å². The van der Waals surface area contributed by atoms with Gasteiger partial charge in [-0.1, -0.05) is 17.7 Å². The molecule has 0 aliphatic heterocycles. The first-order valence-electron chi connectivity index (χ1n) is 4.27. The summed E-state index contributed by atoms with van der Waals surface area (Å²) in [4.78, 5) is 3.09. The molecule has 2 rings (SSSR count). The summed E-state index contributed by atoms with van der Waals surface area (Å²) in [6.07, 6.45) is 2.70. The minimum Gasteiger partial charge on any atom is -0.360 e. The van der Waals surface area contributed by atoms with Crippen molar-refractivity contribution in [3.63, 3.8) is 0 Å². The Bertz CT molecular complexity index is 420. The number of aromatic nitrogens is 1. The number of nitrogens with two attached hydrogens (primary N) is 1. The Hall–Kier alpha value is -0.990. The molecule has 2 nitrogen and oxygen atoms in total. The Balaban J connectivity index is 2.53. The van der Waals surface area contributed by atoms with Crippen molar-refractivity contribution >= 4 is 22.5 Å². The molecule has 0 saturated carbocycles. The smallest absolute Gasteiger partial charge is 0.0659 e. The SMILES string of the molecule is NCCc1ccc2[nH]cc(Cl)c2c1. The molecule has 3 N–H and O–H groups in total. The van der Waals surface area contributed by atoms with Gasteiger partial charge in [-0.15, -0.1) is 0 Å². The highest BCUT2D eigenvalue weighted by molar-refractivity contribution is 6.35. The molecule has 0 fully saturated rings. The zero-order valence-corrected chi connectivity index (χ0v) is 7.93. The van der Waals surface area contributed by atoms with E-state index in [2.05, 4.69) is 17.1 Å². The lowest BCUT2D eigenvalue weighted by Crippen LogP contribution is -2.02. The lowest BCUT2D eigenvalue weighted by atomic mass is 10.1. The maximum Gasteiger partial charge on any atom is 0.0659 e. The van der Waals surface area contributed by atoms with Crippen LogP contribution in [0.5, 0.6) is 0 Å². The van der Waals surface area contributed by atoms with E-state index >= 15 is 0 Å². The molecule has 0 amide bonds. The number of rotatable bonds is 2. The highest BCUT2D eigenvalue weighted by Crippen LogP contribution is 2.23. The van der Waals surface area contributed by atoms with Gasteiger partial charge in [0.25, 0.3) is 0 Å². The molecular weight excluding hydrogens is 184 g/mol. The fourth-order valence-corrected chi connectivity index (χ4v) is 1.67. The average molecular weight is 195 g/mol. The summed E-state index contributed by atoms with van der Waals surface area (Å²) < 4.78 is 0. The van der Waals surface area contributed by atoms with Gasteiger partial charge in [-0.3, -0.25) is 0 Å². The van der Waals surface area contributed by atoms with Gasteiger partial charge in [-0.05, 0) is 30.7 Å². The molecule has 1 aromatic carbocycles. The van der Waals surface area contributed by atoms with Crippen LogP contribution in [0.1, 0.15) is 5.56 Å². The summed E-state index contributed by atoms with van der Waals surface area (Å²) >= 11 is 5.98. The number of benzene rings is 1. The minimum absolute atomic E-state index is 0.674. The number of halogens is 1. The normalized spacial score (nSPS) is 10.9. The summed E-state index contributed by atoms with van der Waals surface area (Å²) in [6.45, 7) is 0.674. The molecule has 0 saturated heterocycles. The molecule has 68 valence electrons. The summed E-state index contributed by atoms with van der Waals surface area (Å²) in [5.74, 6) is 0. The van der Waals surface area contributed by atoms with E-state index in [1.54, 1.807) is 6.20 Å². The molecule has 3 heteroatoms. The first-order valence-corrected chi connectivity index (χ1v) is 4.64. The van der Waals surface area contributed by atoms with Gasteiger partial charge in [-0.2, -0.15) is 0 Å². The molecule has 0 spiro atoms. The Morgan fingerprint density at radius 2 is 2.23 bits per heavy atom. The minimum atomic E-state index is 0.674. The van der Waals surface area contributed by atoms with Gasteiger partial charge >= 0.3 is 0 Å². The number of hydrogen-bond donors (Lipinski definition) is 2. The third kappa shape index (κ3) is 1.55. The molecule has 0 unspecified atom stereocenters. The molecule has 0 aliphatic rings. The standard InChI is InChI=1S/C10H11ClN2/c11-9-6-13-10-2-1-7(3-4-12)5-8(9)10/h1-2,5-6,13H,3-4,12H2. The maximum absolute atomic E-state index is 5.98. The second kappa shape index (κ2) is 3.40. The van der Waals surface area contributed by atoms with E-state index in [9.17, 15) is 0 Å². The number of aromatic amines is 1. The highest BCUT2D eigenvalue weighted by Gasteiger charge is 2.01. The van der Waals surface area contributed by atoms with Crippen LogP contribution in [0.15, 0.2) is 24.4 Å². The molecule has 1 heterocycles. The molecule has 0 bridgehead atoms. The predicted octanol–water partition coefficient (Wildman–Crippen LogP) is 2.32. The monoisotopic (exact) mass is 194 g/mol. The van der Waals surface area contributed by atoms with E-state index in [0.29, 0.717) is 6.54 Å². The van der Waals surface area contributed by atoms with Crippen molar-refractivity contribution in [2.24, 2.45) is 5.73 Å². The van der Waals surface area contributed by atoms with Crippen molar-refractivity contribution in [1.82, 2.24) is 4.98 Å². The maximum atomic E-state index is 5.98. The van der Waals surface area contributed by atoms with Crippen molar-refractivity contribution in [2.45, 2.75) is 6.42 Å². The van der Waals surface area contributed by atoms with Gasteiger partial charge in [0.1, 0.15) is 0 Å². The Kier molecular flexibility index (Phi) is 2.25. The van der Waals surface area contributed by atoms with Gasteiger partial charge in [0.15, 0.2) is 0 Å². The fourth-order valence-electron chi connectivity index (χ4n) is 1.46. The van der Waals surface area contributed by atoms with Crippen LogP contribution in [0.3, 0.4) is 0 Å². The Morgan fingerprint density at radius 3 is 3.00 bits per heavy atom. The van der Waals surface area contributed by atoms with E-state index in [4.69, 9.17) is 17.3 Å².